The number of hydrogen-bond donors (Lipinski definition) is 2. The van der Waals surface area contributed by atoms with Gasteiger partial charge in [0.15, 0.2) is 5.60 Å². The third-order valence-electron chi connectivity index (χ3n) is 6.53. The number of rotatable bonds is 9. The summed E-state index contributed by atoms with van der Waals surface area (Å²) in [4.78, 5) is 21.3. The lowest BCUT2D eigenvalue weighted by Crippen LogP contribution is -2.48. The van der Waals surface area contributed by atoms with E-state index in [9.17, 15) is 4.79 Å². The molecule has 35 heavy (non-hydrogen) atoms. The van der Waals surface area contributed by atoms with E-state index in [1.165, 1.54) is 0 Å². The number of fused-ring (bicyclic) bond motifs is 1. The van der Waals surface area contributed by atoms with Gasteiger partial charge in [0.05, 0.1) is 18.0 Å². The molecule has 0 saturated heterocycles. The van der Waals surface area contributed by atoms with Crippen LogP contribution >= 0.6 is 0 Å². The van der Waals surface area contributed by atoms with E-state index >= 15 is 0 Å². The molecule has 4 aromatic rings. The van der Waals surface area contributed by atoms with Crippen LogP contribution in [0, 0.1) is 13.8 Å². The lowest BCUT2D eigenvalue weighted by molar-refractivity contribution is -0.134. The minimum atomic E-state index is -1.01. The van der Waals surface area contributed by atoms with Gasteiger partial charge in [-0.1, -0.05) is 26.0 Å². The molecular formula is C28H32N4O3. The number of nitrogens with one attached hydrogen (secondary N) is 1. The SMILES string of the molecule is CCC(CC)(Oc1cccc(C(C)Nc2cc(-c3ccc4occ(C)c4c3)nc(C)n2)c1)C(N)=O. The van der Waals surface area contributed by atoms with Gasteiger partial charge < -0.3 is 20.2 Å². The van der Waals surface area contributed by atoms with Gasteiger partial charge in [0, 0.05) is 17.0 Å². The highest BCUT2D eigenvalue weighted by Gasteiger charge is 2.35. The molecule has 0 saturated carbocycles. The Balaban J connectivity index is 1.58. The molecule has 2 aromatic carbocycles. The molecule has 0 spiro atoms. The smallest absolute Gasteiger partial charge is 0.261 e. The standard InChI is InChI=1S/C28H32N4O3/c1-6-28(7-2,27(29)33)35-22-10-8-9-20(13-22)18(4)30-26-15-24(31-19(5)32-26)21-11-12-25-23(14-21)17(3)16-34-25/h8-16,18H,6-7H2,1-5H3,(H2,29,33)(H,30,31,32). The Bertz CT molecular complexity index is 1360. The normalized spacial score (nSPS) is 12.5. The number of furan rings is 1. The van der Waals surface area contributed by atoms with Gasteiger partial charge in [0.1, 0.15) is 23.0 Å². The van der Waals surface area contributed by atoms with Gasteiger partial charge in [-0.15, -0.1) is 0 Å². The van der Waals surface area contributed by atoms with Crippen LogP contribution in [-0.2, 0) is 4.79 Å². The van der Waals surface area contributed by atoms with Crippen LogP contribution in [-0.4, -0.2) is 21.5 Å². The Kier molecular flexibility index (Phi) is 6.78. The summed E-state index contributed by atoms with van der Waals surface area (Å²) < 4.78 is 11.7. The molecule has 0 radical (unpaired) electrons. The molecule has 1 atom stereocenters. The van der Waals surface area contributed by atoms with E-state index in [2.05, 4.69) is 28.3 Å². The zero-order chi connectivity index (χ0) is 25.2. The van der Waals surface area contributed by atoms with Gasteiger partial charge in [0.25, 0.3) is 5.91 Å². The maximum atomic E-state index is 12.1. The summed E-state index contributed by atoms with van der Waals surface area (Å²) >= 11 is 0. The van der Waals surface area contributed by atoms with Crippen molar-refractivity contribution in [2.24, 2.45) is 5.73 Å². The van der Waals surface area contributed by atoms with Crippen molar-refractivity contribution in [3.05, 3.63) is 71.7 Å². The van der Waals surface area contributed by atoms with E-state index in [0.29, 0.717) is 24.4 Å². The molecule has 1 amide bonds. The molecule has 3 N–H and O–H groups in total. The Morgan fingerprint density at radius 2 is 1.89 bits per heavy atom. The number of amides is 1. The van der Waals surface area contributed by atoms with Crippen LogP contribution in [0.1, 0.15) is 56.6 Å². The highest BCUT2D eigenvalue weighted by Crippen LogP contribution is 2.30. The molecule has 7 nitrogen and oxygen atoms in total. The van der Waals surface area contributed by atoms with Gasteiger partial charge in [-0.2, -0.15) is 0 Å². The second-order valence-corrected chi connectivity index (χ2v) is 8.92. The highest BCUT2D eigenvalue weighted by atomic mass is 16.5. The predicted octanol–water partition coefficient (Wildman–Crippen LogP) is 6.10. The second kappa shape index (κ2) is 9.78. The maximum Gasteiger partial charge on any atom is 0.261 e. The van der Waals surface area contributed by atoms with E-state index in [-0.39, 0.29) is 6.04 Å². The number of ether oxygens (including phenoxy) is 1. The molecule has 0 bridgehead atoms. The maximum absolute atomic E-state index is 12.1. The molecule has 0 aliphatic carbocycles. The molecule has 2 heterocycles. The summed E-state index contributed by atoms with van der Waals surface area (Å²) in [5.41, 5.74) is 9.43. The molecule has 0 fully saturated rings. The van der Waals surface area contributed by atoms with Crippen molar-refractivity contribution in [2.75, 3.05) is 5.32 Å². The Morgan fingerprint density at radius 1 is 1.11 bits per heavy atom. The quantitative estimate of drug-likeness (QED) is 0.305. The average Bonchev–Trinajstić information content (AvgIpc) is 3.22. The number of hydrogen-bond acceptors (Lipinski definition) is 6. The van der Waals surface area contributed by atoms with Gasteiger partial charge >= 0.3 is 0 Å². The first-order valence-corrected chi connectivity index (χ1v) is 11.9. The fourth-order valence-corrected chi connectivity index (χ4v) is 4.28. The van der Waals surface area contributed by atoms with Crippen molar-refractivity contribution < 1.29 is 13.9 Å². The largest absolute Gasteiger partial charge is 0.477 e. The van der Waals surface area contributed by atoms with Crippen molar-refractivity contribution in [3.8, 4) is 17.0 Å². The minimum absolute atomic E-state index is 0.0643. The molecule has 2 aromatic heterocycles. The topological polar surface area (TPSA) is 103 Å². The fraction of sp³-hybridized carbons (Fsp3) is 0.321. The van der Waals surface area contributed by atoms with Crippen LogP contribution in [0.25, 0.3) is 22.2 Å². The first-order chi connectivity index (χ1) is 16.7. The number of benzene rings is 2. The fourth-order valence-electron chi connectivity index (χ4n) is 4.28. The van der Waals surface area contributed by atoms with Crippen molar-refractivity contribution >= 4 is 22.7 Å². The highest BCUT2D eigenvalue weighted by molar-refractivity contribution is 5.86. The zero-order valence-corrected chi connectivity index (χ0v) is 20.9. The van der Waals surface area contributed by atoms with Crippen LogP contribution in [0.15, 0.2) is 59.2 Å². The Morgan fingerprint density at radius 3 is 2.60 bits per heavy atom. The van der Waals surface area contributed by atoms with Crippen molar-refractivity contribution in [3.63, 3.8) is 0 Å². The van der Waals surface area contributed by atoms with Gasteiger partial charge in [0.2, 0.25) is 0 Å². The predicted molar refractivity (Wildman–Crippen MR) is 138 cm³/mol. The summed E-state index contributed by atoms with van der Waals surface area (Å²) in [6.45, 7) is 9.78. The third-order valence-corrected chi connectivity index (χ3v) is 6.53. The van der Waals surface area contributed by atoms with Crippen LogP contribution in [0.2, 0.25) is 0 Å². The number of primary amides is 1. The number of anilines is 1. The Labute approximate surface area is 205 Å². The van der Waals surface area contributed by atoms with Crippen LogP contribution in [0.5, 0.6) is 5.75 Å². The van der Waals surface area contributed by atoms with E-state index < -0.39 is 11.5 Å². The number of aryl methyl sites for hydroxylation is 2. The minimum Gasteiger partial charge on any atom is -0.477 e. The monoisotopic (exact) mass is 472 g/mol. The third kappa shape index (κ3) is 4.99. The van der Waals surface area contributed by atoms with E-state index in [1.807, 2.05) is 70.2 Å². The molecule has 7 heteroatoms. The summed E-state index contributed by atoms with van der Waals surface area (Å²) in [7, 11) is 0. The zero-order valence-electron chi connectivity index (χ0n) is 20.9. The lowest BCUT2D eigenvalue weighted by atomic mass is 9.96. The lowest BCUT2D eigenvalue weighted by Gasteiger charge is -2.29. The number of carbonyl (C=O) groups is 1. The molecule has 1 unspecified atom stereocenters. The Hall–Kier alpha value is -3.87. The second-order valence-electron chi connectivity index (χ2n) is 8.92. The number of aromatic nitrogens is 2. The first-order valence-electron chi connectivity index (χ1n) is 11.9. The first kappa shape index (κ1) is 24.3. The summed E-state index contributed by atoms with van der Waals surface area (Å²) in [6, 6.07) is 15.7. The van der Waals surface area contributed by atoms with E-state index in [0.717, 1.165) is 39.2 Å². The summed E-state index contributed by atoms with van der Waals surface area (Å²) in [5, 5.41) is 4.55. The van der Waals surface area contributed by atoms with Crippen LogP contribution < -0.4 is 15.8 Å². The molecular weight excluding hydrogens is 440 g/mol. The van der Waals surface area contributed by atoms with Gasteiger partial charge in [-0.3, -0.25) is 4.79 Å². The van der Waals surface area contributed by atoms with Gasteiger partial charge in [-0.25, -0.2) is 9.97 Å². The average molecular weight is 473 g/mol. The molecule has 0 aliphatic rings. The van der Waals surface area contributed by atoms with Gasteiger partial charge in [-0.05, 0) is 75.1 Å². The van der Waals surface area contributed by atoms with Crippen molar-refractivity contribution in [2.45, 2.75) is 59.1 Å². The number of nitrogens with zero attached hydrogens (tertiary/aromatic N) is 2. The van der Waals surface area contributed by atoms with E-state index in [4.69, 9.17) is 14.9 Å². The van der Waals surface area contributed by atoms with Crippen LogP contribution in [0.4, 0.5) is 5.82 Å². The molecule has 182 valence electrons. The number of carbonyl (C=O) groups excluding carboxylic acids is 1. The van der Waals surface area contributed by atoms with Crippen molar-refractivity contribution in [1.29, 1.82) is 0 Å². The summed E-state index contributed by atoms with van der Waals surface area (Å²) in [5.74, 6) is 1.56. The number of nitrogens with two attached hydrogens (primary N) is 1. The summed E-state index contributed by atoms with van der Waals surface area (Å²) in [6.07, 6.45) is 2.77. The van der Waals surface area contributed by atoms with E-state index in [1.54, 1.807) is 6.26 Å². The van der Waals surface area contributed by atoms with Crippen molar-refractivity contribution in [1.82, 2.24) is 9.97 Å². The van der Waals surface area contributed by atoms with Crippen LogP contribution in [0.3, 0.4) is 0 Å². The molecule has 4 rings (SSSR count). The molecule has 0 aliphatic heterocycles.